The van der Waals surface area contributed by atoms with Gasteiger partial charge in [0, 0.05) is 12.8 Å². The Kier molecular flexibility index (Phi) is 8.19. The van der Waals surface area contributed by atoms with Gasteiger partial charge in [0.05, 0.1) is 0 Å². The van der Waals surface area contributed by atoms with Crippen molar-refractivity contribution in [1.82, 2.24) is 0 Å². The highest BCUT2D eigenvalue weighted by Crippen LogP contribution is 2.39. The molecule has 0 fully saturated rings. The summed E-state index contributed by atoms with van der Waals surface area (Å²) < 4.78 is 21.6. The molecule has 0 bridgehead atoms. The molecule has 0 unspecified atom stereocenters. The van der Waals surface area contributed by atoms with Crippen LogP contribution >= 0.6 is 15.2 Å². The summed E-state index contributed by atoms with van der Waals surface area (Å²) in [6.07, 6.45) is 1.59. The minimum Gasteiger partial charge on any atom is -0.410 e. The number of hydrogen-bond acceptors (Lipinski definition) is 6. The molecular weight excluding hydrogens is 314 g/mol. The van der Waals surface area contributed by atoms with Gasteiger partial charge in [0.25, 0.3) is 0 Å². The molecule has 0 spiro atoms. The van der Waals surface area contributed by atoms with E-state index in [9.17, 15) is 9.13 Å². The second kappa shape index (κ2) is 8.51. The first-order valence-corrected chi connectivity index (χ1v) is 8.89. The van der Waals surface area contributed by atoms with Crippen molar-refractivity contribution in [2.45, 2.75) is 38.5 Å². The van der Waals surface area contributed by atoms with E-state index >= 15 is 0 Å². The standard InChI is InChI=1S/C8H18N2O8P2/c11-9-7(19(13,14)15)5-3-1-2-4-6-8(10-12)20(16,17)18/h11-12H,1-6H2,(H2,13,14,15)(H2,16,17,18). The molecular formula is C8H18N2O8P2. The molecule has 6 N–H and O–H groups in total. The van der Waals surface area contributed by atoms with Crippen LogP contribution < -0.4 is 0 Å². The van der Waals surface area contributed by atoms with E-state index in [-0.39, 0.29) is 12.8 Å². The van der Waals surface area contributed by atoms with Crippen LogP contribution in [-0.2, 0) is 9.13 Å². The van der Waals surface area contributed by atoms with Crippen molar-refractivity contribution < 1.29 is 39.1 Å². The summed E-state index contributed by atoms with van der Waals surface area (Å²) in [6, 6.07) is 0. The summed E-state index contributed by atoms with van der Waals surface area (Å²) in [5.41, 5.74) is -1.18. The predicted octanol–water partition coefficient (Wildman–Crippen LogP) is 1.26. The Morgan fingerprint density at radius 2 is 1.00 bits per heavy atom. The van der Waals surface area contributed by atoms with Gasteiger partial charge in [-0.25, -0.2) is 0 Å². The minimum absolute atomic E-state index is 0.0692. The SMILES string of the molecule is O=P(O)(O)C(CCCCCCC(=NO)P(=O)(O)O)=NO. The Morgan fingerprint density at radius 3 is 1.20 bits per heavy atom. The highest BCUT2D eigenvalue weighted by molar-refractivity contribution is 7.70. The van der Waals surface area contributed by atoms with Crippen molar-refractivity contribution in [2.75, 3.05) is 0 Å². The highest BCUT2D eigenvalue weighted by Gasteiger charge is 2.24. The Labute approximate surface area is 115 Å². The van der Waals surface area contributed by atoms with Crippen molar-refractivity contribution in [3.8, 4) is 0 Å². The van der Waals surface area contributed by atoms with Gasteiger partial charge < -0.3 is 30.0 Å². The van der Waals surface area contributed by atoms with Crippen molar-refractivity contribution in [2.24, 2.45) is 10.3 Å². The van der Waals surface area contributed by atoms with Crippen molar-refractivity contribution in [3.63, 3.8) is 0 Å². The van der Waals surface area contributed by atoms with Crippen molar-refractivity contribution >= 4 is 26.1 Å². The van der Waals surface area contributed by atoms with E-state index in [0.717, 1.165) is 0 Å². The van der Waals surface area contributed by atoms with E-state index in [0.29, 0.717) is 25.7 Å². The molecule has 118 valence electrons. The van der Waals surface area contributed by atoms with Crippen LogP contribution in [0.3, 0.4) is 0 Å². The smallest absolute Gasteiger partial charge is 0.373 e. The van der Waals surface area contributed by atoms with E-state index in [2.05, 4.69) is 10.3 Å². The van der Waals surface area contributed by atoms with E-state index in [1.807, 2.05) is 0 Å². The number of nitrogens with zero attached hydrogens (tertiary/aromatic N) is 2. The van der Waals surface area contributed by atoms with Crippen LogP contribution in [0.1, 0.15) is 38.5 Å². The molecule has 0 aliphatic carbocycles. The zero-order chi connectivity index (χ0) is 15.8. The molecule has 12 heteroatoms. The normalized spacial score (nSPS) is 14.6. The lowest BCUT2D eigenvalue weighted by Gasteiger charge is -2.07. The zero-order valence-corrected chi connectivity index (χ0v) is 12.3. The van der Waals surface area contributed by atoms with Crippen LogP contribution in [0.25, 0.3) is 0 Å². The van der Waals surface area contributed by atoms with E-state index < -0.39 is 26.1 Å². The highest BCUT2D eigenvalue weighted by atomic mass is 31.2. The van der Waals surface area contributed by atoms with E-state index in [1.54, 1.807) is 0 Å². The largest absolute Gasteiger partial charge is 0.410 e. The van der Waals surface area contributed by atoms with Gasteiger partial charge in [-0.1, -0.05) is 23.2 Å². The fourth-order valence-corrected chi connectivity index (χ4v) is 2.56. The number of rotatable bonds is 9. The van der Waals surface area contributed by atoms with Crippen LogP contribution in [-0.4, -0.2) is 40.9 Å². The maximum atomic E-state index is 10.8. The van der Waals surface area contributed by atoms with Crippen LogP contribution in [0, 0.1) is 0 Å². The third-order valence-corrected chi connectivity index (χ3v) is 4.43. The lowest BCUT2D eigenvalue weighted by Crippen LogP contribution is -2.01. The van der Waals surface area contributed by atoms with E-state index in [4.69, 9.17) is 30.0 Å². The van der Waals surface area contributed by atoms with Gasteiger partial charge in [0.1, 0.15) is 0 Å². The zero-order valence-electron chi connectivity index (χ0n) is 10.5. The maximum Gasteiger partial charge on any atom is 0.373 e. The minimum atomic E-state index is -4.53. The third-order valence-electron chi connectivity index (χ3n) is 2.45. The summed E-state index contributed by atoms with van der Waals surface area (Å²) in [4.78, 5) is 35.1. The van der Waals surface area contributed by atoms with Gasteiger partial charge in [-0.3, -0.25) is 9.13 Å². The molecule has 0 heterocycles. The molecule has 0 aromatic carbocycles. The quantitative estimate of drug-likeness (QED) is 0.120. The van der Waals surface area contributed by atoms with Crippen molar-refractivity contribution in [1.29, 1.82) is 0 Å². The third kappa shape index (κ3) is 7.74. The predicted molar refractivity (Wildman–Crippen MR) is 70.2 cm³/mol. The number of unbranched alkanes of at least 4 members (excludes halogenated alkanes) is 3. The van der Waals surface area contributed by atoms with Crippen LogP contribution in [0.5, 0.6) is 0 Å². The molecule has 0 aromatic heterocycles. The fraction of sp³-hybridized carbons (Fsp3) is 0.750. The Balaban J connectivity index is 3.96. The molecule has 10 nitrogen and oxygen atoms in total. The summed E-state index contributed by atoms with van der Waals surface area (Å²) in [5.74, 6) is 0. The Bertz CT molecular complexity index is 409. The average Bonchev–Trinajstić information content (AvgIpc) is 2.29. The first kappa shape index (κ1) is 19.2. The summed E-state index contributed by atoms with van der Waals surface area (Å²) in [6.45, 7) is 0. The first-order valence-electron chi connectivity index (χ1n) is 5.67. The molecule has 0 atom stereocenters. The lowest BCUT2D eigenvalue weighted by molar-refractivity contribution is 0.314. The molecule has 0 amide bonds. The monoisotopic (exact) mass is 332 g/mol. The molecule has 0 aromatic rings. The first-order chi connectivity index (χ1) is 9.12. The van der Waals surface area contributed by atoms with Gasteiger partial charge in [0.15, 0.2) is 10.9 Å². The molecule has 0 aliphatic heterocycles. The molecule has 0 saturated heterocycles. The lowest BCUT2D eigenvalue weighted by atomic mass is 10.1. The average molecular weight is 332 g/mol. The van der Waals surface area contributed by atoms with Crippen LogP contribution in [0.2, 0.25) is 0 Å². The molecule has 20 heavy (non-hydrogen) atoms. The van der Waals surface area contributed by atoms with Gasteiger partial charge in [-0.15, -0.1) is 0 Å². The number of oxime groups is 2. The molecule has 0 radical (unpaired) electrons. The maximum absolute atomic E-state index is 10.8. The number of hydrogen-bond donors (Lipinski definition) is 6. The van der Waals surface area contributed by atoms with Gasteiger partial charge in [-0.05, 0) is 12.8 Å². The molecule has 0 aliphatic rings. The van der Waals surface area contributed by atoms with Gasteiger partial charge in [-0.2, -0.15) is 0 Å². The molecule has 0 rings (SSSR count). The van der Waals surface area contributed by atoms with Gasteiger partial charge >= 0.3 is 15.2 Å². The Morgan fingerprint density at radius 1 is 0.700 bits per heavy atom. The van der Waals surface area contributed by atoms with Crippen LogP contribution in [0.15, 0.2) is 10.3 Å². The molecule has 0 saturated carbocycles. The summed E-state index contributed by atoms with van der Waals surface area (Å²) in [5, 5.41) is 21.9. The fourth-order valence-electron chi connectivity index (χ4n) is 1.43. The van der Waals surface area contributed by atoms with E-state index in [1.165, 1.54) is 0 Å². The Hall–Kier alpha value is -0.760. The summed E-state index contributed by atoms with van der Waals surface area (Å²) in [7, 11) is -9.06. The van der Waals surface area contributed by atoms with Crippen molar-refractivity contribution in [3.05, 3.63) is 0 Å². The topological polar surface area (TPSA) is 180 Å². The second-order valence-electron chi connectivity index (χ2n) is 4.03. The summed E-state index contributed by atoms with van der Waals surface area (Å²) >= 11 is 0. The van der Waals surface area contributed by atoms with Crippen LogP contribution in [0.4, 0.5) is 0 Å². The van der Waals surface area contributed by atoms with Gasteiger partial charge in [0.2, 0.25) is 0 Å². The second-order valence-corrected chi connectivity index (χ2v) is 7.24.